The van der Waals surface area contributed by atoms with Crippen molar-refractivity contribution >= 4 is 33.3 Å². The third-order valence-electron chi connectivity index (χ3n) is 2.84. The number of hydrogen-bond donors (Lipinski definition) is 0. The van der Waals surface area contributed by atoms with Gasteiger partial charge in [0.1, 0.15) is 5.82 Å². The summed E-state index contributed by atoms with van der Waals surface area (Å²) in [6, 6.07) is 4.37. The number of hydrogen-bond acceptors (Lipinski definition) is 2. The molecule has 2 rings (SSSR count). The van der Waals surface area contributed by atoms with Crippen LogP contribution >= 0.6 is 27.5 Å². The number of nitrogens with zero attached hydrogens (tertiary/aromatic N) is 2. The van der Waals surface area contributed by atoms with Gasteiger partial charge >= 0.3 is 0 Å². The van der Waals surface area contributed by atoms with Crippen molar-refractivity contribution in [2.24, 2.45) is 7.05 Å². The first kappa shape index (κ1) is 14.2. The van der Waals surface area contributed by atoms with E-state index in [1.165, 1.54) is 12.1 Å². The minimum atomic E-state index is -0.460. The van der Waals surface area contributed by atoms with Crippen LogP contribution < -0.4 is 0 Å². The molecule has 1 aromatic carbocycles. The van der Waals surface area contributed by atoms with Gasteiger partial charge in [-0.3, -0.25) is 9.48 Å². The standard InChI is InChI=1S/C13H11BrClFN2O/c1-7-13(15)10(18(2)17-7)6-11(19)8-4-3-5-9(16)12(8)14/h3-5H,6H2,1-2H3. The Labute approximate surface area is 123 Å². The topological polar surface area (TPSA) is 34.9 Å². The number of aryl methyl sites for hydroxylation is 2. The van der Waals surface area contributed by atoms with Crippen LogP contribution in [0.25, 0.3) is 0 Å². The zero-order valence-corrected chi connectivity index (χ0v) is 12.7. The summed E-state index contributed by atoms with van der Waals surface area (Å²) in [5.41, 5.74) is 1.60. The van der Waals surface area contributed by atoms with E-state index in [9.17, 15) is 9.18 Å². The normalized spacial score (nSPS) is 10.8. The van der Waals surface area contributed by atoms with Crippen molar-refractivity contribution in [3.8, 4) is 0 Å². The Hall–Kier alpha value is -1.20. The molecule has 0 spiro atoms. The van der Waals surface area contributed by atoms with Gasteiger partial charge in [0.15, 0.2) is 5.78 Å². The molecule has 19 heavy (non-hydrogen) atoms. The second-order valence-corrected chi connectivity index (χ2v) is 5.34. The molecule has 2 aromatic rings. The Morgan fingerprint density at radius 1 is 1.53 bits per heavy atom. The van der Waals surface area contributed by atoms with Crippen LogP contribution in [0.3, 0.4) is 0 Å². The second kappa shape index (κ2) is 5.43. The number of carbonyl (C=O) groups excluding carboxylic acids is 1. The number of aromatic nitrogens is 2. The molecule has 0 radical (unpaired) electrons. The maximum atomic E-state index is 13.4. The Morgan fingerprint density at radius 2 is 2.21 bits per heavy atom. The van der Waals surface area contributed by atoms with E-state index in [1.54, 1.807) is 24.7 Å². The molecule has 0 aliphatic carbocycles. The van der Waals surface area contributed by atoms with Crippen LogP contribution in [0, 0.1) is 12.7 Å². The number of rotatable bonds is 3. The lowest BCUT2D eigenvalue weighted by Gasteiger charge is -2.05. The molecule has 0 fully saturated rings. The van der Waals surface area contributed by atoms with E-state index < -0.39 is 5.82 Å². The maximum Gasteiger partial charge on any atom is 0.170 e. The Balaban J connectivity index is 2.34. The van der Waals surface area contributed by atoms with Crippen molar-refractivity contribution in [1.82, 2.24) is 9.78 Å². The molecule has 0 N–H and O–H groups in total. The second-order valence-electron chi connectivity index (χ2n) is 4.17. The number of Topliss-reactive ketones (excluding diaryl/α,β-unsaturated/α-hetero) is 1. The summed E-state index contributed by atoms with van der Waals surface area (Å²) >= 11 is 9.18. The monoisotopic (exact) mass is 344 g/mol. The van der Waals surface area contributed by atoms with Gasteiger partial charge in [0.05, 0.1) is 27.3 Å². The SMILES string of the molecule is Cc1nn(C)c(CC(=O)c2cccc(F)c2Br)c1Cl. The molecule has 3 nitrogen and oxygen atoms in total. The molecule has 0 amide bonds. The molecule has 100 valence electrons. The van der Waals surface area contributed by atoms with E-state index in [0.29, 0.717) is 22.0 Å². The van der Waals surface area contributed by atoms with Crippen LogP contribution in [0.1, 0.15) is 21.7 Å². The van der Waals surface area contributed by atoms with E-state index >= 15 is 0 Å². The zero-order chi connectivity index (χ0) is 14.2. The van der Waals surface area contributed by atoms with Crippen LogP contribution in [0.4, 0.5) is 4.39 Å². The molecule has 1 aromatic heterocycles. The van der Waals surface area contributed by atoms with Gasteiger partial charge < -0.3 is 0 Å². The molecule has 0 aliphatic rings. The minimum Gasteiger partial charge on any atom is -0.294 e. The first-order valence-corrected chi connectivity index (χ1v) is 6.74. The highest BCUT2D eigenvalue weighted by molar-refractivity contribution is 9.10. The number of benzene rings is 1. The highest BCUT2D eigenvalue weighted by atomic mass is 79.9. The quantitative estimate of drug-likeness (QED) is 0.795. The van der Waals surface area contributed by atoms with E-state index in [0.717, 1.165) is 0 Å². The molecule has 1 heterocycles. The molecule has 6 heteroatoms. The molecule has 0 unspecified atom stereocenters. The van der Waals surface area contributed by atoms with E-state index in [2.05, 4.69) is 21.0 Å². The van der Waals surface area contributed by atoms with E-state index in [-0.39, 0.29) is 16.7 Å². The minimum absolute atomic E-state index is 0.0816. The molecular weight excluding hydrogens is 335 g/mol. The van der Waals surface area contributed by atoms with Crippen molar-refractivity contribution in [2.45, 2.75) is 13.3 Å². The number of halogens is 3. The summed E-state index contributed by atoms with van der Waals surface area (Å²) in [5.74, 6) is -0.672. The average Bonchev–Trinajstić information content (AvgIpc) is 2.59. The summed E-state index contributed by atoms with van der Waals surface area (Å²) in [6.07, 6.45) is 0.0816. The van der Waals surface area contributed by atoms with Gasteiger partial charge in [-0.05, 0) is 28.9 Å². The molecule has 0 atom stereocenters. The molecule has 0 aliphatic heterocycles. The molecule has 0 bridgehead atoms. The lowest BCUT2D eigenvalue weighted by Crippen LogP contribution is -2.09. The van der Waals surface area contributed by atoms with Gasteiger partial charge in [0.2, 0.25) is 0 Å². The van der Waals surface area contributed by atoms with Crippen LogP contribution in [-0.4, -0.2) is 15.6 Å². The van der Waals surface area contributed by atoms with Crippen LogP contribution in [0.15, 0.2) is 22.7 Å². The van der Waals surface area contributed by atoms with Crippen LogP contribution in [-0.2, 0) is 13.5 Å². The van der Waals surface area contributed by atoms with Crippen molar-refractivity contribution in [1.29, 1.82) is 0 Å². The first-order valence-electron chi connectivity index (χ1n) is 5.57. The third kappa shape index (κ3) is 2.72. The van der Waals surface area contributed by atoms with E-state index in [4.69, 9.17) is 11.6 Å². The fourth-order valence-electron chi connectivity index (χ4n) is 1.84. The fourth-order valence-corrected chi connectivity index (χ4v) is 2.55. The summed E-state index contributed by atoms with van der Waals surface area (Å²) in [6.45, 7) is 1.77. The third-order valence-corrected chi connectivity index (χ3v) is 4.14. The Bertz CT molecular complexity index is 654. The van der Waals surface area contributed by atoms with E-state index in [1.807, 2.05) is 0 Å². The van der Waals surface area contributed by atoms with Crippen molar-refractivity contribution in [3.05, 3.63) is 50.5 Å². The van der Waals surface area contributed by atoms with Gasteiger partial charge in [0, 0.05) is 12.6 Å². The van der Waals surface area contributed by atoms with Gasteiger partial charge in [-0.25, -0.2) is 4.39 Å². The maximum absolute atomic E-state index is 13.4. The van der Waals surface area contributed by atoms with Gasteiger partial charge in [-0.2, -0.15) is 5.10 Å². The first-order chi connectivity index (χ1) is 8.91. The number of ketones is 1. The summed E-state index contributed by atoms with van der Waals surface area (Å²) in [7, 11) is 1.72. The fraction of sp³-hybridized carbons (Fsp3) is 0.231. The summed E-state index contributed by atoms with van der Waals surface area (Å²) in [5, 5.41) is 4.62. The largest absolute Gasteiger partial charge is 0.294 e. The Kier molecular flexibility index (Phi) is 4.06. The summed E-state index contributed by atoms with van der Waals surface area (Å²) in [4.78, 5) is 12.2. The predicted molar refractivity (Wildman–Crippen MR) is 75.1 cm³/mol. The molecular formula is C13H11BrClFN2O. The predicted octanol–water partition coefficient (Wildman–Crippen LogP) is 3.71. The lowest BCUT2D eigenvalue weighted by atomic mass is 10.1. The van der Waals surface area contributed by atoms with Crippen LogP contribution in [0.2, 0.25) is 5.02 Å². The molecule has 0 saturated heterocycles. The van der Waals surface area contributed by atoms with Crippen LogP contribution in [0.5, 0.6) is 0 Å². The van der Waals surface area contributed by atoms with Gasteiger partial charge in [0.25, 0.3) is 0 Å². The molecule has 0 saturated carbocycles. The number of carbonyl (C=O) groups is 1. The van der Waals surface area contributed by atoms with Crippen molar-refractivity contribution in [3.63, 3.8) is 0 Å². The highest BCUT2D eigenvalue weighted by Crippen LogP contribution is 2.25. The summed E-state index contributed by atoms with van der Waals surface area (Å²) < 4.78 is 15.1. The lowest BCUT2D eigenvalue weighted by molar-refractivity contribution is 0.0989. The van der Waals surface area contributed by atoms with Crippen molar-refractivity contribution in [2.75, 3.05) is 0 Å². The van der Waals surface area contributed by atoms with Gasteiger partial charge in [-0.1, -0.05) is 23.7 Å². The smallest absolute Gasteiger partial charge is 0.170 e. The Morgan fingerprint density at radius 3 is 2.79 bits per heavy atom. The van der Waals surface area contributed by atoms with Crippen molar-refractivity contribution < 1.29 is 9.18 Å². The van der Waals surface area contributed by atoms with Gasteiger partial charge in [-0.15, -0.1) is 0 Å². The highest BCUT2D eigenvalue weighted by Gasteiger charge is 2.18. The average molecular weight is 346 g/mol. The zero-order valence-electron chi connectivity index (χ0n) is 10.4.